The molecular formula is C24H30ClN3O3. The molecule has 10 atom stereocenters. The van der Waals surface area contributed by atoms with Crippen molar-refractivity contribution in [2.75, 3.05) is 31.6 Å². The lowest BCUT2D eigenvalue weighted by Gasteiger charge is -2.51. The number of methoxy groups -OCH3 is 1. The fourth-order valence-electron chi connectivity index (χ4n) is 9.43. The first-order chi connectivity index (χ1) is 15.0. The lowest BCUT2D eigenvalue weighted by molar-refractivity contribution is -0.126. The zero-order valence-electron chi connectivity index (χ0n) is 17.8. The summed E-state index contributed by atoms with van der Waals surface area (Å²) in [6.45, 7) is 1.97. The number of anilines is 1. The van der Waals surface area contributed by atoms with Crippen molar-refractivity contribution in [3.05, 3.63) is 23.2 Å². The van der Waals surface area contributed by atoms with Crippen LogP contribution in [0, 0.1) is 47.3 Å². The highest BCUT2D eigenvalue weighted by atomic mass is 35.5. The van der Waals surface area contributed by atoms with E-state index in [9.17, 15) is 9.90 Å². The van der Waals surface area contributed by atoms with Crippen LogP contribution in [0.5, 0.6) is 5.75 Å². The molecule has 5 saturated carbocycles. The molecule has 5 aliphatic carbocycles. The number of nitrogens with zero attached hydrogens (tertiary/aromatic N) is 1. The van der Waals surface area contributed by atoms with E-state index in [0.29, 0.717) is 23.4 Å². The molecule has 3 N–H and O–H groups in total. The number of aliphatic hydroxyl groups is 1. The summed E-state index contributed by atoms with van der Waals surface area (Å²) in [5.74, 6) is 6.40. The van der Waals surface area contributed by atoms with Crippen molar-refractivity contribution in [1.82, 2.24) is 10.6 Å². The second kappa shape index (κ2) is 6.22. The van der Waals surface area contributed by atoms with E-state index in [1.807, 2.05) is 18.2 Å². The fraction of sp³-hybridized carbons (Fsp3) is 0.708. The maximum Gasteiger partial charge on any atom is 0.315 e. The smallest absolute Gasteiger partial charge is 0.315 e. The average Bonchev–Trinajstić information content (AvgIpc) is 3.43. The fourth-order valence-corrected chi connectivity index (χ4v) is 9.59. The number of halogens is 1. The summed E-state index contributed by atoms with van der Waals surface area (Å²) in [7, 11) is 1.66. The van der Waals surface area contributed by atoms with Gasteiger partial charge in [0, 0.05) is 30.7 Å². The van der Waals surface area contributed by atoms with Gasteiger partial charge >= 0.3 is 6.03 Å². The molecule has 2 amide bonds. The van der Waals surface area contributed by atoms with Crippen molar-refractivity contribution in [3.63, 3.8) is 0 Å². The van der Waals surface area contributed by atoms with Gasteiger partial charge in [-0.2, -0.15) is 0 Å². The molecule has 7 heteroatoms. The molecule has 6 fully saturated rings. The molecular weight excluding hydrogens is 414 g/mol. The van der Waals surface area contributed by atoms with Crippen molar-refractivity contribution >= 4 is 23.3 Å². The van der Waals surface area contributed by atoms with Crippen LogP contribution in [0.1, 0.15) is 19.3 Å². The van der Waals surface area contributed by atoms with Crippen LogP contribution < -0.4 is 20.3 Å². The molecule has 0 spiro atoms. The Hall–Kier alpha value is -1.66. The van der Waals surface area contributed by atoms with Crippen LogP contribution in [0.3, 0.4) is 0 Å². The number of benzene rings is 1. The number of urea groups is 1. The van der Waals surface area contributed by atoms with Gasteiger partial charge in [-0.25, -0.2) is 4.79 Å². The van der Waals surface area contributed by atoms with Gasteiger partial charge < -0.3 is 25.4 Å². The molecule has 10 unspecified atom stereocenters. The highest BCUT2D eigenvalue weighted by molar-refractivity contribution is 6.30. The normalized spacial score (nSPS) is 47.2. The molecule has 1 saturated heterocycles. The minimum Gasteiger partial charge on any atom is -0.495 e. The van der Waals surface area contributed by atoms with E-state index in [1.54, 1.807) is 7.11 Å². The summed E-state index contributed by atoms with van der Waals surface area (Å²) in [6, 6.07) is 5.53. The van der Waals surface area contributed by atoms with E-state index in [0.717, 1.165) is 66.5 Å². The Kier molecular flexibility index (Phi) is 3.79. The Morgan fingerprint density at radius 2 is 2.03 bits per heavy atom. The molecule has 2 bridgehead atoms. The molecule has 6 nitrogen and oxygen atoms in total. The third-order valence-corrected chi connectivity index (χ3v) is 10.3. The van der Waals surface area contributed by atoms with Crippen LogP contribution in [-0.2, 0) is 0 Å². The predicted molar refractivity (Wildman–Crippen MR) is 117 cm³/mol. The molecule has 1 heterocycles. The molecule has 31 heavy (non-hydrogen) atoms. The average molecular weight is 444 g/mol. The summed E-state index contributed by atoms with van der Waals surface area (Å²) in [5, 5.41) is 18.5. The monoisotopic (exact) mass is 443 g/mol. The maximum absolute atomic E-state index is 12.7. The topological polar surface area (TPSA) is 73.8 Å². The second-order valence-corrected chi connectivity index (χ2v) is 11.3. The quantitative estimate of drug-likeness (QED) is 0.654. The van der Waals surface area contributed by atoms with Gasteiger partial charge in [0.25, 0.3) is 0 Å². The molecule has 6 aliphatic rings. The third kappa shape index (κ3) is 2.31. The Labute approximate surface area is 187 Å². The lowest BCUT2D eigenvalue weighted by Crippen LogP contribution is -2.60. The van der Waals surface area contributed by atoms with Gasteiger partial charge in [-0.05, 0) is 84.8 Å². The van der Waals surface area contributed by atoms with Crippen LogP contribution >= 0.6 is 11.6 Å². The Balaban J connectivity index is 0.981. The Morgan fingerprint density at radius 3 is 2.87 bits per heavy atom. The molecule has 0 radical (unpaired) electrons. The number of fused-ring (bicyclic) bond motifs is 2. The van der Waals surface area contributed by atoms with Crippen molar-refractivity contribution in [2.45, 2.75) is 30.9 Å². The molecule has 0 aromatic heterocycles. The van der Waals surface area contributed by atoms with Gasteiger partial charge in [0.15, 0.2) is 0 Å². The van der Waals surface area contributed by atoms with Crippen molar-refractivity contribution < 1.29 is 14.6 Å². The summed E-state index contributed by atoms with van der Waals surface area (Å²) in [5.41, 5.74) is 0.294. The minimum absolute atomic E-state index is 0.0652. The standard InChI is InChI=1S/C24H30ClN3O3/c1-31-18-3-2-11(25)6-17(18)28-5-4-12(9-28)27-23(29)26-10-24(30)21-14-8-15-19-13(14)7-16(21)20(19)22(15)24/h2-3,6,12-16,19-22,30H,4-5,7-10H2,1H3,(H2,26,27,29). The SMILES string of the molecule is COc1ccc(Cl)cc1N1CCC(NC(=O)NCC2(O)C3C4CC5C6C4CC3C6C52)C1. The molecule has 1 aromatic carbocycles. The van der Waals surface area contributed by atoms with Crippen LogP contribution in [0.4, 0.5) is 10.5 Å². The van der Waals surface area contributed by atoms with Crippen LogP contribution in [0.2, 0.25) is 5.02 Å². The molecule has 166 valence electrons. The van der Waals surface area contributed by atoms with Crippen molar-refractivity contribution in [1.29, 1.82) is 0 Å². The number of ether oxygens (including phenoxy) is 1. The van der Waals surface area contributed by atoms with Gasteiger partial charge in [0.2, 0.25) is 0 Å². The van der Waals surface area contributed by atoms with Crippen molar-refractivity contribution in [3.8, 4) is 5.75 Å². The van der Waals surface area contributed by atoms with Gasteiger partial charge in [-0.15, -0.1) is 0 Å². The van der Waals surface area contributed by atoms with Crippen molar-refractivity contribution in [2.24, 2.45) is 47.3 Å². The number of rotatable bonds is 5. The first-order valence-corrected chi connectivity index (χ1v) is 12.2. The molecule has 7 rings (SSSR count). The van der Waals surface area contributed by atoms with E-state index in [4.69, 9.17) is 16.3 Å². The summed E-state index contributed by atoms with van der Waals surface area (Å²) < 4.78 is 5.48. The molecule has 1 aromatic rings. The zero-order valence-corrected chi connectivity index (χ0v) is 18.5. The van der Waals surface area contributed by atoms with Crippen LogP contribution in [-0.4, -0.2) is 49.5 Å². The number of nitrogens with one attached hydrogen (secondary N) is 2. The largest absolute Gasteiger partial charge is 0.495 e. The number of carbonyl (C=O) groups excluding carboxylic acids is 1. The number of hydrogen-bond donors (Lipinski definition) is 3. The lowest BCUT2D eigenvalue weighted by atomic mass is 9.56. The van der Waals surface area contributed by atoms with Crippen LogP contribution in [0.15, 0.2) is 18.2 Å². The third-order valence-electron chi connectivity index (χ3n) is 10.1. The Bertz CT molecular complexity index is 952. The van der Waals surface area contributed by atoms with Gasteiger partial charge in [-0.1, -0.05) is 11.6 Å². The highest BCUT2D eigenvalue weighted by Crippen LogP contribution is 2.85. The van der Waals surface area contributed by atoms with E-state index >= 15 is 0 Å². The van der Waals surface area contributed by atoms with E-state index in [1.165, 1.54) is 12.8 Å². The number of carbonyl (C=O) groups is 1. The van der Waals surface area contributed by atoms with Gasteiger partial charge in [-0.3, -0.25) is 0 Å². The van der Waals surface area contributed by atoms with Gasteiger partial charge in [0.05, 0.1) is 18.4 Å². The predicted octanol–water partition coefficient (Wildman–Crippen LogP) is 2.74. The summed E-state index contributed by atoms with van der Waals surface area (Å²) >= 11 is 6.18. The zero-order chi connectivity index (χ0) is 21.1. The first kappa shape index (κ1) is 18.9. The minimum atomic E-state index is -0.669. The van der Waals surface area contributed by atoms with E-state index in [2.05, 4.69) is 15.5 Å². The Morgan fingerprint density at radius 1 is 1.23 bits per heavy atom. The second-order valence-electron chi connectivity index (χ2n) is 10.9. The number of hydrogen-bond acceptors (Lipinski definition) is 4. The summed E-state index contributed by atoms with van der Waals surface area (Å²) in [6.07, 6.45) is 3.56. The molecule has 1 aliphatic heterocycles. The van der Waals surface area contributed by atoms with E-state index < -0.39 is 5.60 Å². The maximum atomic E-state index is 12.7. The van der Waals surface area contributed by atoms with Gasteiger partial charge in [0.1, 0.15) is 5.75 Å². The van der Waals surface area contributed by atoms with E-state index in [-0.39, 0.29) is 12.1 Å². The first-order valence-electron chi connectivity index (χ1n) is 11.8. The van der Waals surface area contributed by atoms with Crippen LogP contribution in [0.25, 0.3) is 0 Å². The summed E-state index contributed by atoms with van der Waals surface area (Å²) in [4.78, 5) is 14.9. The highest BCUT2D eigenvalue weighted by Gasteiger charge is 2.84. The number of amides is 2.